The van der Waals surface area contributed by atoms with Crippen LogP contribution < -0.4 is 21.1 Å². The normalized spacial score (nSPS) is 20.9. The van der Waals surface area contributed by atoms with Gasteiger partial charge in [0.1, 0.15) is 0 Å². The molecule has 36 heavy (non-hydrogen) atoms. The number of benzene rings is 2. The lowest BCUT2D eigenvalue weighted by atomic mass is 9.87. The number of halogens is 4. The standard InChI is InChI=1S/C24H26BrF3N4O4/c1-13(32-9-14-6-15(10-32)12-35-11-14)22(33)31-20-8-17(3-5-21(20)36-24(26,27)28)30-23(34)18-4-2-16(25)7-19(18)29/h2-5,7-8,13-15H,6,9-12,29H2,1H3,(H,30,34)(H,31,33). The van der Waals surface area contributed by atoms with E-state index in [4.69, 9.17) is 10.5 Å². The summed E-state index contributed by atoms with van der Waals surface area (Å²) in [6.07, 6.45) is -3.93. The zero-order valence-corrected chi connectivity index (χ0v) is 21.0. The number of alkyl halides is 3. The van der Waals surface area contributed by atoms with E-state index < -0.39 is 30.0 Å². The SMILES string of the molecule is CC(C(=O)Nc1cc(NC(=O)c2ccc(Br)cc2N)ccc1OC(F)(F)F)N1CC2COCC(C2)C1. The van der Waals surface area contributed by atoms with Crippen molar-refractivity contribution in [2.45, 2.75) is 25.7 Å². The second-order valence-corrected chi connectivity index (χ2v) is 9.98. The summed E-state index contributed by atoms with van der Waals surface area (Å²) in [6, 6.07) is 7.63. The van der Waals surface area contributed by atoms with Crippen molar-refractivity contribution < 1.29 is 32.2 Å². The highest BCUT2D eigenvalue weighted by Gasteiger charge is 2.36. The van der Waals surface area contributed by atoms with Gasteiger partial charge in [0.05, 0.1) is 30.5 Å². The summed E-state index contributed by atoms with van der Waals surface area (Å²) >= 11 is 3.26. The van der Waals surface area contributed by atoms with Gasteiger partial charge < -0.3 is 25.8 Å². The minimum absolute atomic E-state index is 0.157. The van der Waals surface area contributed by atoms with Crippen molar-refractivity contribution in [2.75, 3.05) is 42.7 Å². The number of nitrogen functional groups attached to an aromatic ring is 1. The van der Waals surface area contributed by atoms with E-state index in [9.17, 15) is 22.8 Å². The fourth-order valence-corrected chi connectivity index (χ4v) is 4.96. The smallest absolute Gasteiger partial charge is 0.404 e. The number of anilines is 3. The summed E-state index contributed by atoms with van der Waals surface area (Å²) < 4.78 is 49.4. The van der Waals surface area contributed by atoms with Gasteiger partial charge in [0, 0.05) is 28.9 Å². The number of carbonyl (C=O) groups is 2. The molecule has 4 N–H and O–H groups in total. The van der Waals surface area contributed by atoms with Crippen LogP contribution in [0.5, 0.6) is 5.75 Å². The second kappa shape index (κ2) is 10.7. The minimum atomic E-state index is -4.97. The van der Waals surface area contributed by atoms with Gasteiger partial charge in [-0.3, -0.25) is 14.5 Å². The molecule has 2 fully saturated rings. The number of nitrogens with one attached hydrogen (secondary N) is 2. The monoisotopic (exact) mass is 570 g/mol. The van der Waals surface area contributed by atoms with Crippen molar-refractivity contribution in [2.24, 2.45) is 11.8 Å². The molecule has 2 bridgehead atoms. The molecule has 2 saturated heterocycles. The third-order valence-electron chi connectivity index (χ3n) is 6.27. The maximum atomic E-state index is 13.1. The van der Waals surface area contributed by atoms with Crippen LogP contribution in [0.25, 0.3) is 0 Å². The molecule has 2 aliphatic rings. The fourth-order valence-electron chi connectivity index (χ4n) is 4.58. The number of fused-ring (bicyclic) bond motifs is 2. The van der Waals surface area contributed by atoms with Gasteiger partial charge >= 0.3 is 6.36 Å². The molecule has 3 atom stereocenters. The average Bonchev–Trinajstić information content (AvgIpc) is 2.79. The quantitative estimate of drug-likeness (QED) is 0.442. The molecule has 2 aromatic carbocycles. The Balaban J connectivity index is 1.52. The van der Waals surface area contributed by atoms with E-state index in [1.807, 2.05) is 4.90 Å². The Hall–Kier alpha value is -2.83. The van der Waals surface area contributed by atoms with Crippen LogP contribution in [0.4, 0.5) is 30.2 Å². The van der Waals surface area contributed by atoms with Gasteiger partial charge in [-0.2, -0.15) is 0 Å². The summed E-state index contributed by atoms with van der Waals surface area (Å²) in [6.45, 7) is 4.32. The molecule has 0 aliphatic carbocycles. The maximum absolute atomic E-state index is 13.1. The number of hydrogen-bond donors (Lipinski definition) is 3. The number of ether oxygens (including phenoxy) is 2. The topological polar surface area (TPSA) is 106 Å². The van der Waals surface area contributed by atoms with Gasteiger partial charge in [-0.15, -0.1) is 13.2 Å². The Morgan fingerprint density at radius 2 is 1.83 bits per heavy atom. The highest BCUT2D eigenvalue weighted by atomic mass is 79.9. The molecule has 12 heteroatoms. The highest BCUT2D eigenvalue weighted by molar-refractivity contribution is 9.10. The van der Waals surface area contributed by atoms with Gasteiger partial charge in [-0.1, -0.05) is 15.9 Å². The highest BCUT2D eigenvalue weighted by Crippen LogP contribution is 2.34. The van der Waals surface area contributed by atoms with Crippen molar-refractivity contribution in [3.8, 4) is 5.75 Å². The van der Waals surface area contributed by atoms with Gasteiger partial charge in [-0.25, -0.2) is 0 Å². The fraction of sp³-hybridized carbons (Fsp3) is 0.417. The Morgan fingerprint density at radius 1 is 1.14 bits per heavy atom. The minimum Gasteiger partial charge on any atom is -0.404 e. The van der Waals surface area contributed by atoms with Crippen LogP contribution in [0.2, 0.25) is 0 Å². The van der Waals surface area contributed by atoms with Crippen LogP contribution in [-0.2, 0) is 9.53 Å². The Kier molecular flexibility index (Phi) is 7.76. The average molecular weight is 571 g/mol. The first-order chi connectivity index (χ1) is 17.0. The van der Waals surface area contributed by atoms with Gasteiger partial charge in [0.2, 0.25) is 5.91 Å². The molecule has 4 rings (SSSR count). The van der Waals surface area contributed by atoms with E-state index >= 15 is 0 Å². The summed E-state index contributed by atoms with van der Waals surface area (Å²) in [5, 5.41) is 5.14. The molecule has 2 amide bonds. The number of hydrogen-bond acceptors (Lipinski definition) is 6. The first-order valence-electron chi connectivity index (χ1n) is 11.4. The Bertz CT molecular complexity index is 1130. The third-order valence-corrected chi connectivity index (χ3v) is 6.76. The number of rotatable bonds is 6. The summed E-state index contributed by atoms with van der Waals surface area (Å²) in [7, 11) is 0. The lowest BCUT2D eigenvalue weighted by Gasteiger charge is -2.43. The largest absolute Gasteiger partial charge is 0.573 e. The third kappa shape index (κ3) is 6.48. The lowest BCUT2D eigenvalue weighted by Crippen LogP contribution is -2.53. The molecule has 2 heterocycles. The van der Waals surface area contributed by atoms with E-state index in [0.29, 0.717) is 42.6 Å². The Morgan fingerprint density at radius 3 is 2.47 bits per heavy atom. The van der Waals surface area contributed by atoms with Gasteiger partial charge in [0.15, 0.2) is 5.75 Å². The number of amides is 2. The van der Waals surface area contributed by atoms with Crippen LogP contribution in [0, 0.1) is 11.8 Å². The maximum Gasteiger partial charge on any atom is 0.573 e. The van der Waals surface area contributed by atoms with Crippen molar-refractivity contribution in [3.05, 3.63) is 46.4 Å². The molecule has 0 spiro atoms. The number of likely N-dealkylation sites (tertiary alicyclic amines) is 1. The number of nitrogens with two attached hydrogens (primary N) is 1. The van der Waals surface area contributed by atoms with Crippen molar-refractivity contribution in [1.29, 1.82) is 0 Å². The first kappa shape index (κ1) is 26.2. The summed E-state index contributed by atoms with van der Waals surface area (Å²) in [5.74, 6) is -0.989. The number of nitrogens with zero attached hydrogens (tertiary/aromatic N) is 1. The van der Waals surface area contributed by atoms with Crippen molar-refractivity contribution >= 4 is 44.8 Å². The van der Waals surface area contributed by atoms with E-state index in [1.165, 1.54) is 18.2 Å². The van der Waals surface area contributed by atoms with Crippen LogP contribution in [-0.4, -0.2) is 55.4 Å². The predicted molar refractivity (Wildman–Crippen MR) is 132 cm³/mol. The summed E-state index contributed by atoms with van der Waals surface area (Å²) in [5.41, 5.74) is 6.25. The second-order valence-electron chi connectivity index (χ2n) is 9.07. The molecule has 0 radical (unpaired) electrons. The molecule has 0 aromatic heterocycles. The molecule has 2 aromatic rings. The zero-order chi connectivity index (χ0) is 26.0. The molecule has 0 saturated carbocycles. The van der Waals surface area contributed by atoms with Crippen molar-refractivity contribution in [1.82, 2.24) is 4.90 Å². The van der Waals surface area contributed by atoms with E-state index in [2.05, 4.69) is 31.3 Å². The van der Waals surface area contributed by atoms with Gasteiger partial charge in [0.25, 0.3) is 5.91 Å². The molecular formula is C24H26BrF3N4O4. The molecule has 2 aliphatic heterocycles. The molecular weight excluding hydrogens is 545 g/mol. The molecule has 194 valence electrons. The van der Waals surface area contributed by atoms with Crippen LogP contribution in [0.3, 0.4) is 0 Å². The first-order valence-corrected chi connectivity index (χ1v) is 12.2. The van der Waals surface area contributed by atoms with Gasteiger partial charge in [-0.05, 0) is 61.6 Å². The lowest BCUT2D eigenvalue weighted by molar-refractivity contribution is -0.274. The zero-order valence-electron chi connectivity index (χ0n) is 19.4. The molecule has 8 nitrogen and oxygen atoms in total. The van der Waals surface area contributed by atoms with Crippen LogP contribution >= 0.6 is 15.9 Å². The van der Waals surface area contributed by atoms with E-state index in [1.54, 1.807) is 19.1 Å². The summed E-state index contributed by atoms with van der Waals surface area (Å²) in [4.78, 5) is 27.8. The molecule has 3 unspecified atom stereocenters. The predicted octanol–water partition coefficient (Wildman–Crippen LogP) is 4.48. The van der Waals surface area contributed by atoms with Crippen LogP contribution in [0.15, 0.2) is 40.9 Å². The number of piperidine rings is 1. The van der Waals surface area contributed by atoms with E-state index in [-0.39, 0.29) is 22.6 Å². The van der Waals surface area contributed by atoms with Crippen molar-refractivity contribution in [3.63, 3.8) is 0 Å². The van der Waals surface area contributed by atoms with Crippen LogP contribution in [0.1, 0.15) is 23.7 Å². The Labute approximate surface area is 214 Å². The van der Waals surface area contributed by atoms with E-state index in [0.717, 1.165) is 12.5 Å². The number of carbonyl (C=O) groups excluding carboxylic acids is 2.